The summed E-state index contributed by atoms with van der Waals surface area (Å²) in [6, 6.07) is 10.5. The number of aryl methyl sites for hydroxylation is 1. The maximum absolute atomic E-state index is 12.7. The van der Waals surface area contributed by atoms with Crippen LogP contribution in [0.15, 0.2) is 47.8 Å². The summed E-state index contributed by atoms with van der Waals surface area (Å²) in [6.45, 7) is 3.22. The fraction of sp³-hybridized carbons (Fsp3) is 0.158. The second-order valence-corrected chi connectivity index (χ2v) is 6.62. The molecule has 28 heavy (non-hydrogen) atoms. The monoisotopic (exact) mass is 394 g/mol. The van der Waals surface area contributed by atoms with Gasteiger partial charge in [-0.25, -0.2) is 4.98 Å². The molecule has 0 saturated heterocycles. The lowest BCUT2D eigenvalue weighted by Gasteiger charge is -2.10. The van der Waals surface area contributed by atoms with Gasteiger partial charge in [0.15, 0.2) is 11.0 Å². The lowest BCUT2D eigenvalue weighted by atomic mass is 10.1. The van der Waals surface area contributed by atoms with Gasteiger partial charge in [0.05, 0.1) is 0 Å². The van der Waals surface area contributed by atoms with Gasteiger partial charge in [-0.2, -0.15) is 9.97 Å². The number of hydrogen-bond donors (Lipinski definition) is 2. The Bertz CT molecular complexity index is 1030. The maximum atomic E-state index is 12.7. The van der Waals surface area contributed by atoms with E-state index in [1.54, 1.807) is 43.5 Å². The van der Waals surface area contributed by atoms with Gasteiger partial charge in [0, 0.05) is 24.4 Å². The molecule has 0 aliphatic rings. The number of carbonyl (C=O) groups excluding carboxylic acids is 2. The van der Waals surface area contributed by atoms with E-state index in [1.807, 2.05) is 12.3 Å². The predicted octanol–water partition coefficient (Wildman–Crippen LogP) is 3.17. The molecule has 0 bridgehead atoms. The van der Waals surface area contributed by atoms with Gasteiger partial charge in [-0.3, -0.25) is 19.9 Å². The van der Waals surface area contributed by atoms with Crippen LogP contribution in [0.4, 0.5) is 11.6 Å². The van der Waals surface area contributed by atoms with Crippen molar-refractivity contribution in [2.75, 3.05) is 16.9 Å². The van der Waals surface area contributed by atoms with E-state index in [1.165, 1.54) is 18.7 Å². The van der Waals surface area contributed by atoms with Gasteiger partial charge in [-0.15, -0.1) is 0 Å². The Morgan fingerprint density at radius 1 is 1.04 bits per heavy atom. The summed E-state index contributed by atoms with van der Waals surface area (Å²) in [6.07, 6.45) is 3.49. The number of anilines is 2. The van der Waals surface area contributed by atoms with E-state index < -0.39 is 0 Å². The van der Waals surface area contributed by atoms with Gasteiger partial charge in [0.2, 0.25) is 11.9 Å². The zero-order valence-electron chi connectivity index (χ0n) is 15.6. The van der Waals surface area contributed by atoms with Crippen LogP contribution in [0.25, 0.3) is 11.5 Å². The molecule has 0 unspecified atom stereocenters. The Balaban J connectivity index is 1.87. The Morgan fingerprint density at radius 2 is 1.86 bits per heavy atom. The zero-order chi connectivity index (χ0) is 20.1. The zero-order valence-corrected chi connectivity index (χ0v) is 16.4. The van der Waals surface area contributed by atoms with Crippen molar-refractivity contribution in [2.45, 2.75) is 19.0 Å². The van der Waals surface area contributed by atoms with E-state index in [9.17, 15) is 9.59 Å². The SMILES string of the molecule is CSc1nc(NC(=O)c2ccc(NC(C)=O)cc2C)nc(-c2ccccn2)n1. The first kappa shape index (κ1) is 19.4. The van der Waals surface area contributed by atoms with Crippen molar-refractivity contribution in [3.8, 4) is 11.5 Å². The summed E-state index contributed by atoms with van der Waals surface area (Å²) in [5.74, 6) is 0.00819. The fourth-order valence-corrected chi connectivity index (χ4v) is 2.84. The number of nitrogens with zero attached hydrogens (tertiary/aromatic N) is 4. The molecular weight excluding hydrogens is 376 g/mol. The molecule has 0 spiro atoms. The van der Waals surface area contributed by atoms with Gasteiger partial charge in [-0.05, 0) is 49.1 Å². The minimum atomic E-state index is -0.350. The van der Waals surface area contributed by atoms with Crippen LogP contribution >= 0.6 is 11.8 Å². The predicted molar refractivity (Wildman–Crippen MR) is 108 cm³/mol. The molecule has 8 nitrogen and oxygen atoms in total. The van der Waals surface area contributed by atoms with Gasteiger partial charge in [0.1, 0.15) is 5.69 Å². The van der Waals surface area contributed by atoms with E-state index in [2.05, 4.69) is 30.6 Å². The molecular formula is C19H18N6O2S. The largest absolute Gasteiger partial charge is 0.326 e. The van der Waals surface area contributed by atoms with Crippen molar-refractivity contribution < 1.29 is 9.59 Å². The van der Waals surface area contributed by atoms with E-state index >= 15 is 0 Å². The van der Waals surface area contributed by atoms with Crippen LogP contribution in [-0.2, 0) is 4.79 Å². The standard InChI is InChI=1S/C19H18N6O2S/c1-11-10-13(21-12(2)26)7-8-14(11)17(27)24-18-22-16(23-19(25-18)28-3)15-6-4-5-9-20-15/h4-10H,1-3H3,(H,21,26)(H,22,23,24,25,27). The molecule has 9 heteroatoms. The van der Waals surface area contributed by atoms with Gasteiger partial charge >= 0.3 is 0 Å². The maximum Gasteiger partial charge on any atom is 0.258 e. The topological polar surface area (TPSA) is 110 Å². The molecule has 142 valence electrons. The summed E-state index contributed by atoms with van der Waals surface area (Å²) in [7, 11) is 0. The summed E-state index contributed by atoms with van der Waals surface area (Å²) in [5, 5.41) is 5.88. The average Bonchev–Trinajstić information content (AvgIpc) is 2.68. The highest BCUT2D eigenvalue weighted by atomic mass is 32.2. The lowest BCUT2D eigenvalue weighted by Crippen LogP contribution is -2.17. The van der Waals surface area contributed by atoms with Crippen molar-refractivity contribution >= 4 is 35.2 Å². The minimum Gasteiger partial charge on any atom is -0.326 e. The Labute approximate surface area is 166 Å². The Hall–Kier alpha value is -3.33. The third-order valence-electron chi connectivity index (χ3n) is 3.71. The van der Waals surface area contributed by atoms with Crippen molar-refractivity contribution in [1.82, 2.24) is 19.9 Å². The molecule has 0 atom stereocenters. The third kappa shape index (κ3) is 4.68. The lowest BCUT2D eigenvalue weighted by molar-refractivity contribution is -0.114. The summed E-state index contributed by atoms with van der Waals surface area (Å²) in [4.78, 5) is 41.0. The van der Waals surface area contributed by atoms with Gasteiger partial charge in [0.25, 0.3) is 5.91 Å². The summed E-state index contributed by atoms with van der Waals surface area (Å²) in [5.41, 5.74) is 2.39. The first-order chi connectivity index (χ1) is 13.5. The number of thioether (sulfide) groups is 1. The first-order valence-electron chi connectivity index (χ1n) is 8.37. The highest BCUT2D eigenvalue weighted by Gasteiger charge is 2.14. The molecule has 2 aromatic heterocycles. The van der Waals surface area contributed by atoms with Crippen LogP contribution in [0.1, 0.15) is 22.8 Å². The fourth-order valence-electron chi connectivity index (χ4n) is 2.48. The van der Waals surface area contributed by atoms with E-state index in [0.717, 1.165) is 0 Å². The summed E-state index contributed by atoms with van der Waals surface area (Å²) < 4.78 is 0. The van der Waals surface area contributed by atoms with E-state index in [4.69, 9.17) is 0 Å². The third-order valence-corrected chi connectivity index (χ3v) is 4.26. The number of aromatic nitrogens is 4. The van der Waals surface area contributed by atoms with Crippen molar-refractivity contribution in [2.24, 2.45) is 0 Å². The molecule has 0 fully saturated rings. The average molecular weight is 394 g/mol. The molecule has 2 N–H and O–H groups in total. The van der Waals surface area contributed by atoms with E-state index in [-0.39, 0.29) is 17.8 Å². The second kappa shape index (κ2) is 8.57. The van der Waals surface area contributed by atoms with Gasteiger partial charge in [-0.1, -0.05) is 17.8 Å². The highest BCUT2D eigenvalue weighted by Crippen LogP contribution is 2.20. The summed E-state index contributed by atoms with van der Waals surface area (Å²) >= 11 is 1.34. The van der Waals surface area contributed by atoms with Crippen LogP contribution < -0.4 is 10.6 Å². The minimum absolute atomic E-state index is 0.148. The molecule has 2 amide bonds. The second-order valence-electron chi connectivity index (χ2n) is 5.85. The number of carbonyl (C=O) groups is 2. The molecule has 1 aromatic carbocycles. The van der Waals surface area contributed by atoms with Crippen LogP contribution in [0.3, 0.4) is 0 Å². The Kier molecular flexibility index (Phi) is 5.95. The molecule has 0 aliphatic carbocycles. The number of benzene rings is 1. The van der Waals surface area contributed by atoms with Crippen LogP contribution in [0.5, 0.6) is 0 Å². The van der Waals surface area contributed by atoms with Crippen LogP contribution in [-0.4, -0.2) is 38.0 Å². The number of pyridine rings is 1. The molecule has 3 rings (SSSR count). The molecule has 0 radical (unpaired) electrons. The first-order valence-corrected chi connectivity index (χ1v) is 9.60. The quantitative estimate of drug-likeness (QED) is 0.640. The van der Waals surface area contributed by atoms with Crippen molar-refractivity contribution in [3.05, 3.63) is 53.7 Å². The number of rotatable bonds is 5. The molecule has 0 saturated carbocycles. The normalized spacial score (nSPS) is 10.4. The van der Waals surface area contributed by atoms with E-state index in [0.29, 0.717) is 33.5 Å². The Morgan fingerprint density at radius 3 is 2.50 bits per heavy atom. The van der Waals surface area contributed by atoms with Crippen molar-refractivity contribution in [1.29, 1.82) is 0 Å². The van der Waals surface area contributed by atoms with Gasteiger partial charge < -0.3 is 5.32 Å². The highest BCUT2D eigenvalue weighted by molar-refractivity contribution is 7.98. The van der Waals surface area contributed by atoms with Crippen molar-refractivity contribution in [3.63, 3.8) is 0 Å². The number of nitrogens with one attached hydrogen (secondary N) is 2. The molecule has 0 aliphatic heterocycles. The molecule has 2 heterocycles. The molecule has 3 aromatic rings. The van der Waals surface area contributed by atoms with Crippen LogP contribution in [0, 0.1) is 6.92 Å². The smallest absolute Gasteiger partial charge is 0.258 e. The van der Waals surface area contributed by atoms with Crippen LogP contribution in [0.2, 0.25) is 0 Å². The number of hydrogen-bond acceptors (Lipinski definition) is 7. The number of amides is 2.